The molecule has 15 heavy (non-hydrogen) atoms. The zero-order valence-electron chi connectivity index (χ0n) is 9.03. The maximum Gasteiger partial charge on any atom is 0.242 e. The summed E-state index contributed by atoms with van der Waals surface area (Å²) >= 11 is 0. The van der Waals surface area contributed by atoms with Crippen molar-refractivity contribution in [1.29, 1.82) is 0 Å². The molecule has 0 aromatic heterocycles. The molecule has 0 bridgehead atoms. The molecule has 2 amide bonds. The predicted octanol–water partition coefficient (Wildman–Crippen LogP) is -0.961. The quantitative estimate of drug-likeness (QED) is 0.608. The summed E-state index contributed by atoms with van der Waals surface area (Å²) in [7, 11) is 1.68. The topological polar surface area (TPSA) is 52.7 Å². The van der Waals surface area contributed by atoms with Gasteiger partial charge in [0.05, 0.1) is 6.54 Å². The van der Waals surface area contributed by atoms with Crippen LogP contribution in [0.5, 0.6) is 0 Å². The molecule has 84 valence electrons. The Morgan fingerprint density at radius 1 is 1.13 bits per heavy atom. The number of carbonyl (C=O) groups is 2. The first kappa shape index (κ1) is 10.4. The molecule has 0 aliphatic carbocycles. The van der Waals surface area contributed by atoms with E-state index in [0.29, 0.717) is 0 Å². The van der Waals surface area contributed by atoms with Crippen molar-refractivity contribution in [2.24, 2.45) is 0 Å². The third kappa shape index (κ3) is 2.12. The first-order chi connectivity index (χ1) is 7.18. The molecule has 0 aromatic carbocycles. The van der Waals surface area contributed by atoms with Crippen molar-refractivity contribution in [3.05, 3.63) is 0 Å². The number of carbonyl (C=O) groups excluding carboxylic acids is 2. The van der Waals surface area contributed by atoms with Crippen LogP contribution >= 0.6 is 0 Å². The van der Waals surface area contributed by atoms with E-state index in [9.17, 15) is 9.59 Å². The van der Waals surface area contributed by atoms with E-state index in [1.165, 1.54) is 4.90 Å². The smallest absolute Gasteiger partial charge is 0.242 e. The van der Waals surface area contributed by atoms with Crippen molar-refractivity contribution in [3.63, 3.8) is 0 Å². The lowest BCUT2D eigenvalue weighted by Crippen LogP contribution is -2.57. The second kappa shape index (κ2) is 4.18. The summed E-state index contributed by atoms with van der Waals surface area (Å²) < 4.78 is 0. The van der Waals surface area contributed by atoms with Crippen molar-refractivity contribution in [3.8, 4) is 0 Å². The Balaban J connectivity index is 2.01. The second-order valence-corrected chi connectivity index (χ2v) is 4.25. The normalized spacial score (nSPS) is 24.9. The van der Waals surface area contributed by atoms with E-state index in [2.05, 4.69) is 5.32 Å². The van der Waals surface area contributed by atoms with Crippen LogP contribution in [0.2, 0.25) is 0 Å². The molecule has 2 rings (SSSR count). The second-order valence-electron chi connectivity index (χ2n) is 4.25. The molecular formula is C10H17N3O2. The van der Waals surface area contributed by atoms with Crippen LogP contribution in [0.1, 0.15) is 12.8 Å². The summed E-state index contributed by atoms with van der Waals surface area (Å²) in [6.07, 6.45) is 1.92. The zero-order valence-corrected chi connectivity index (χ0v) is 9.03. The summed E-state index contributed by atoms with van der Waals surface area (Å²) in [5, 5.41) is 3.26. The van der Waals surface area contributed by atoms with Gasteiger partial charge in [-0.05, 0) is 25.9 Å². The maximum absolute atomic E-state index is 11.8. The van der Waals surface area contributed by atoms with Crippen LogP contribution in [0.4, 0.5) is 0 Å². The average Bonchev–Trinajstić information content (AvgIpc) is 2.25. The molecule has 2 aliphatic heterocycles. The van der Waals surface area contributed by atoms with Gasteiger partial charge in [-0.2, -0.15) is 0 Å². The number of nitrogens with zero attached hydrogens (tertiary/aromatic N) is 2. The number of rotatable bonds is 1. The van der Waals surface area contributed by atoms with E-state index < -0.39 is 0 Å². The fourth-order valence-electron chi connectivity index (χ4n) is 2.19. The number of amides is 2. The van der Waals surface area contributed by atoms with Crippen molar-refractivity contribution in [2.45, 2.75) is 18.9 Å². The molecule has 5 nitrogen and oxygen atoms in total. The lowest BCUT2D eigenvalue weighted by Gasteiger charge is -2.39. The van der Waals surface area contributed by atoms with Gasteiger partial charge in [0.25, 0.3) is 0 Å². The van der Waals surface area contributed by atoms with Crippen LogP contribution in [0.15, 0.2) is 0 Å². The van der Waals surface area contributed by atoms with E-state index in [-0.39, 0.29) is 30.9 Å². The number of hydrogen-bond donors (Lipinski definition) is 1. The third-order valence-electron chi connectivity index (χ3n) is 3.17. The molecule has 0 unspecified atom stereocenters. The van der Waals surface area contributed by atoms with E-state index in [1.807, 2.05) is 0 Å². The average molecular weight is 211 g/mol. The van der Waals surface area contributed by atoms with Gasteiger partial charge in [-0.25, -0.2) is 0 Å². The Morgan fingerprint density at radius 2 is 1.80 bits per heavy atom. The predicted molar refractivity (Wildman–Crippen MR) is 55.2 cm³/mol. The summed E-state index contributed by atoms with van der Waals surface area (Å²) in [4.78, 5) is 26.5. The molecule has 1 N–H and O–H groups in total. The summed E-state index contributed by atoms with van der Waals surface area (Å²) in [5.74, 6) is 0.136. The molecule has 0 aromatic rings. The Morgan fingerprint density at radius 3 is 2.47 bits per heavy atom. The van der Waals surface area contributed by atoms with Crippen LogP contribution in [0.3, 0.4) is 0 Å². The van der Waals surface area contributed by atoms with Crippen LogP contribution in [0, 0.1) is 0 Å². The van der Waals surface area contributed by atoms with Crippen molar-refractivity contribution in [1.82, 2.24) is 15.1 Å². The van der Waals surface area contributed by atoms with Gasteiger partial charge in [0.1, 0.15) is 6.54 Å². The Kier molecular flexibility index (Phi) is 2.90. The molecule has 0 atom stereocenters. The van der Waals surface area contributed by atoms with Crippen molar-refractivity contribution in [2.75, 3.05) is 33.2 Å². The number of piperidine rings is 1. The van der Waals surface area contributed by atoms with Gasteiger partial charge in [-0.15, -0.1) is 0 Å². The van der Waals surface area contributed by atoms with E-state index in [4.69, 9.17) is 0 Å². The zero-order chi connectivity index (χ0) is 10.8. The largest absolute Gasteiger partial charge is 0.335 e. The SMILES string of the molecule is CN1CC(=O)N(C2CCNCC2)CC1=O. The van der Waals surface area contributed by atoms with Gasteiger partial charge in [0.2, 0.25) is 11.8 Å². The number of nitrogens with one attached hydrogen (secondary N) is 1. The minimum absolute atomic E-state index is 0.0492. The van der Waals surface area contributed by atoms with Crippen molar-refractivity contribution >= 4 is 11.8 Å². The molecule has 0 spiro atoms. The first-order valence-corrected chi connectivity index (χ1v) is 5.42. The van der Waals surface area contributed by atoms with E-state index >= 15 is 0 Å². The molecule has 2 heterocycles. The minimum atomic E-state index is 0.0492. The van der Waals surface area contributed by atoms with Gasteiger partial charge >= 0.3 is 0 Å². The highest BCUT2D eigenvalue weighted by atomic mass is 16.2. The lowest BCUT2D eigenvalue weighted by atomic mass is 10.0. The highest BCUT2D eigenvalue weighted by Gasteiger charge is 2.32. The van der Waals surface area contributed by atoms with Gasteiger partial charge in [-0.3, -0.25) is 9.59 Å². The molecule has 2 aliphatic rings. The number of likely N-dealkylation sites (N-methyl/N-ethyl adjacent to an activating group) is 1. The van der Waals surface area contributed by atoms with Gasteiger partial charge < -0.3 is 15.1 Å². The van der Waals surface area contributed by atoms with Crippen molar-refractivity contribution < 1.29 is 9.59 Å². The molecular weight excluding hydrogens is 194 g/mol. The minimum Gasteiger partial charge on any atom is -0.335 e. The summed E-state index contributed by atoms with van der Waals surface area (Å²) in [6.45, 7) is 2.39. The van der Waals surface area contributed by atoms with Gasteiger partial charge in [0, 0.05) is 13.1 Å². The maximum atomic E-state index is 11.8. The van der Waals surface area contributed by atoms with Crippen LogP contribution in [0.25, 0.3) is 0 Å². The fraction of sp³-hybridized carbons (Fsp3) is 0.800. The molecule has 2 saturated heterocycles. The molecule has 2 fully saturated rings. The Hall–Kier alpha value is -1.10. The lowest BCUT2D eigenvalue weighted by molar-refractivity contribution is -0.151. The molecule has 5 heteroatoms. The van der Waals surface area contributed by atoms with Crippen LogP contribution in [-0.2, 0) is 9.59 Å². The van der Waals surface area contributed by atoms with E-state index in [0.717, 1.165) is 25.9 Å². The molecule has 0 saturated carbocycles. The van der Waals surface area contributed by atoms with E-state index in [1.54, 1.807) is 11.9 Å². The van der Waals surface area contributed by atoms with Crippen LogP contribution in [-0.4, -0.2) is 60.9 Å². The fourth-order valence-corrected chi connectivity index (χ4v) is 2.19. The third-order valence-corrected chi connectivity index (χ3v) is 3.17. The Labute approximate surface area is 89.4 Å². The van der Waals surface area contributed by atoms with Gasteiger partial charge in [0.15, 0.2) is 0 Å². The number of piperazine rings is 1. The summed E-state index contributed by atoms with van der Waals surface area (Å²) in [6, 6.07) is 0.261. The highest BCUT2D eigenvalue weighted by molar-refractivity contribution is 5.92. The summed E-state index contributed by atoms with van der Waals surface area (Å²) in [5.41, 5.74) is 0. The molecule has 0 radical (unpaired) electrons. The number of hydrogen-bond acceptors (Lipinski definition) is 3. The Bertz CT molecular complexity index is 274. The van der Waals surface area contributed by atoms with Gasteiger partial charge in [-0.1, -0.05) is 0 Å². The first-order valence-electron chi connectivity index (χ1n) is 5.42. The standard InChI is InChI=1S/C10H17N3O2/c1-12-6-10(15)13(7-9(12)14)8-2-4-11-5-3-8/h8,11H,2-7H2,1H3. The van der Waals surface area contributed by atoms with Crippen LogP contribution < -0.4 is 5.32 Å². The monoisotopic (exact) mass is 211 g/mol. The highest BCUT2D eigenvalue weighted by Crippen LogP contribution is 2.15.